The smallest absolute Gasteiger partial charge is 0.367 e. The van der Waals surface area contributed by atoms with Crippen molar-refractivity contribution in [1.82, 2.24) is 4.98 Å². The maximum atomic E-state index is 11.0. The molecular weight excluding hydrogens is 313 g/mol. The monoisotopic (exact) mass is 319 g/mol. The Morgan fingerprint density at radius 1 is 1.45 bits per heavy atom. The second-order valence-corrected chi connectivity index (χ2v) is 4.22. The highest BCUT2D eigenvalue weighted by Gasteiger charge is 2.19. The molecule has 1 aromatic rings. The predicted molar refractivity (Wildman–Crippen MR) is 69.7 cm³/mol. The topological polar surface area (TPSA) is 118 Å². The molecule has 0 aromatic carbocycles. The van der Waals surface area contributed by atoms with Crippen LogP contribution in [-0.4, -0.2) is 39.0 Å². The number of hydrogen-bond acceptors (Lipinski definition) is 6. The Morgan fingerprint density at radius 3 is 2.70 bits per heavy atom. The summed E-state index contributed by atoms with van der Waals surface area (Å²) in [5.74, 6) is -2.52. The number of amides is 1. The number of anilines is 1. The first kappa shape index (κ1) is 15.9. The summed E-state index contributed by atoms with van der Waals surface area (Å²) in [5, 5.41) is 14.4. The molecule has 1 aromatic heterocycles. The molecule has 0 radical (unpaired) electrons. The summed E-state index contributed by atoms with van der Waals surface area (Å²) in [6.45, 7) is 0. The van der Waals surface area contributed by atoms with Crippen LogP contribution in [0.3, 0.4) is 0 Å². The highest BCUT2D eigenvalue weighted by molar-refractivity contribution is 6.53. The lowest BCUT2D eigenvalue weighted by Crippen LogP contribution is -2.19. The van der Waals surface area contributed by atoms with Crippen molar-refractivity contribution < 1.29 is 24.3 Å². The second kappa shape index (κ2) is 7.41. The summed E-state index contributed by atoms with van der Waals surface area (Å²) in [6.07, 6.45) is 0.370. The minimum Gasteiger partial charge on any atom is -0.476 e. The van der Waals surface area contributed by atoms with Crippen molar-refractivity contribution in [3.05, 3.63) is 23.9 Å². The van der Waals surface area contributed by atoms with Crippen molar-refractivity contribution in [2.75, 3.05) is 5.32 Å². The van der Waals surface area contributed by atoms with Gasteiger partial charge in [-0.2, -0.15) is 0 Å². The third kappa shape index (κ3) is 4.48. The van der Waals surface area contributed by atoms with Crippen LogP contribution in [0.5, 0.6) is 0 Å². The second-order valence-electron chi connectivity index (χ2n) is 3.13. The highest BCUT2D eigenvalue weighted by atomic mass is 35.5. The van der Waals surface area contributed by atoms with Gasteiger partial charge in [0.15, 0.2) is 0 Å². The van der Waals surface area contributed by atoms with E-state index in [9.17, 15) is 14.4 Å². The molecule has 0 atom stereocenters. The maximum Gasteiger partial charge on any atom is 0.367 e. The number of oxime groups is 1. The lowest BCUT2D eigenvalue weighted by molar-refractivity contribution is -0.141. The lowest BCUT2D eigenvalue weighted by atomic mass is 10.2. The van der Waals surface area contributed by atoms with E-state index in [1.54, 1.807) is 0 Å². The molecule has 0 fully saturated rings. The van der Waals surface area contributed by atoms with Gasteiger partial charge >= 0.3 is 11.9 Å². The van der Waals surface area contributed by atoms with Crippen LogP contribution in [0.25, 0.3) is 0 Å². The fourth-order valence-electron chi connectivity index (χ4n) is 1.03. The Balaban J connectivity index is 3.04. The molecule has 2 N–H and O–H groups in total. The molecule has 0 aliphatic rings. The molecule has 0 spiro atoms. The number of carbonyl (C=O) groups is 3. The molecule has 1 amide bonds. The summed E-state index contributed by atoms with van der Waals surface area (Å²) in [7, 11) is 0. The average Bonchev–Trinajstić information content (AvgIpc) is 2.39. The molecule has 0 bridgehead atoms. The van der Waals surface area contributed by atoms with Crippen LogP contribution in [0.15, 0.2) is 23.4 Å². The van der Waals surface area contributed by atoms with E-state index in [4.69, 9.17) is 28.3 Å². The third-order valence-corrected chi connectivity index (χ3v) is 2.16. The van der Waals surface area contributed by atoms with Crippen LogP contribution in [-0.2, 0) is 19.2 Å². The lowest BCUT2D eigenvalue weighted by Gasteiger charge is -2.03. The number of pyridine rings is 1. The molecule has 0 unspecified atom stereocenters. The van der Waals surface area contributed by atoms with Gasteiger partial charge in [0.1, 0.15) is 11.5 Å². The molecular formula is C10H7Cl2N3O5. The van der Waals surface area contributed by atoms with Gasteiger partial charge in [-0.1, -0.05) is 34.4 Å². The zero-order chi connectivity index (χ0) is 15.1. The number of carbonyl (C=O) groups excluding carboxylic acids is 2. The standard InChI is InChI=1S/C10H7Cl2N3O5/c11-8(12)10(19)20-15-7(9(17)18)5-2-1-3-6(14-5)13-4-16/h1-4,8H,(H,17,18)(H,13,14,16). The van der Waals surface area contributed by atoms with Crippen LogP contribution in [0, 0.1) is 0 Å². The normalized spacial score (nSPS) is 11.1. The quantitative estimate of drug-likeness (QED) is 0.263. The van der Waals surface area contributed by atoms with Gasteiger partial charge in [-0.15, -0.1) is 0 Å². The molecule has 10 heteroatoms. The highest BCUT2D eigenvalue weighted by Crippen LogP contribution is 2.08. The Morgan fingerprint density at radius 2 is 2.15 bits per heavy atom. The van der Waals surface area contributed by atoms with Crippen molar-refractivity contribution in [3.8, 4) is 0 Å². The number of nitrogens with one attached hydrogen (secondary N) is 1. The van der Waals surface area contributed by atoms with E-state index in [0.29, 0.717) is 6.41 Å². The van der Waals surface area contributed by atoms with Crippen LogP contribution in [0.1, 0.15) is 5.69 Å². The first-order valence-corrected chi connectivity index (χ1v) is 5.81. The molecule has 0 aliphatic carbocycles. The number of rotatable bonds is 6. The molecule has 1 rings (SSSR count). The number of nitrogens with zero attached hydrogens (tertiary/aromatic N) is 2. The molecule has 8 nitrogen and oxygen atoms in total. The van der Waals surface area contributed by atoms with E-state index in [1.807, 2.05) is 0 Å². The summed E-state index contributed by atoms with van der Waals surface area (Å²) in [6, 6.07) is 4.16. The zero-order valence-corrected chi connectivity index (χ0v) is 11.1. The van der Waals surface area contributed by atoms with Gasteiger partial charge in [0.2, 0.25) is 17.0 Å². The number of halogens is 2. The van der Waals surface area contributed by atoms with Crippen molar-refractivity contribution in [2.24, 2.45) is 5.16 Å². The SMILES string of the molecule is O=CNc1cccc(C(=NOC(=O)C(Cl)Cl)C(=O)O)n1. The third-order valence-electron chi connectivity index (χ3n) is 1.81. The average molecular weight is 320 g/mol. The number of carboxylic acid groups (broad SMARTS) is 1. The van der Waals surface area contributed by atoms with Gasteiger partial charge in [0, 0.05) is 0 Å². The van der Waals surface area contributed by atoms with Crippen molar-refractivity contribution in [1.29, 1.82) is 0 Å². The van der Waals surface area contributed by atoms with Gasteiger partial charge in [-0.3, -0.25) is 4.79 Å². The van der Waals surface area contributed by atoms with Crippen LogP contribution >= 0.6 is 23.2 Å². The summed E-state index contributed by atoms with van der Waals surface area (Å²) in [5.41, 5.74) is -0.778. The Kier molecular flexibility index (Phi) is 5.88. The fourth-order valence-corrected chi connectivity index (χ4v) is 1.11. The van der Waals surface area contributed by atoms with E-state index >= 15 is 0 Å². The Hall–Kier alpha value is -2.19. The minimum atomic E-state index is -1.50. The molecule has 0 saturated heterocycles. The van der Waals surface area contributed by atoms with Crippen molar-refractivity contribution in [3.63, 3.8) is 0 Å². The van der Waals surface area contributed by atoms with Gasteiger partial charge in [0.05, 0.1) is 0 Å². The van der Waals surface area contributed by atoms with E-state index in [0.717, 1.165) is 0 Å². The Bertz CT molecular complexity index is 562. The molecule has 1 heterocycles. The summed E-state index contributed by atoms with van der Waals surface area (Å²) < 4.78 is 0. The van der Waals surface area contributed by atoms with E-state index < -0.39 is 22.5 Å². The summed E-state index contributed by atoms with van der Waals surface area (Å²) >= 11 is 10.4. The fraction of sp³-hybridized carbons (Fsp3) is 0.100. The predicted octanol–water partition coefficient (Wildman–Crippen LogP) is 0.785. The molecule has 106 valence electrons. The van der Waals surface area contributed by atoms with Crippen molar-refractivity contribution in [2.45, 2.75) is 4.84 Å². The van der Waals surface area contributed by atoms with Gasteiger partial charge < -0.3 is 15.3 Å². The van der Waals surface area contributed by atoms with Crippen LogP contribution in [0.2, 0.25) is 0 Å². The number of hydrogen-bond donors (Lipinski definition) is 2. The first-order valence-electron chi connectivity index (χ1n) is 4.93. The number of alkyl halides is 2. The van der Waals surface area contributed by atoms with E-state index in [2.05, 4.69) is 20.3 Å². The first-order chi connectivity index (χ1) is 9.45. The maximum absolute atomic E-state index is 11.0. The largest absolute Gasteiger partial charge is 0.476 e. The number of carboxylic acids is 1. The number of aliphatic carboxylic acids is 1. The minimum absolute atomic E-state index is 0.102. The van der Waals surface area contributed by atoms with E-state index in [1.165, 1.54) is 18.2 Å². The molecule has 0 saturated carbocycles. The van der Waals surface area contributed by atoms with Crippen LogP contribution in [0.4, 0.5) is 5.82 Å². The Labute approximate surface area is 122 Å². The molecule has 0 aliphatic heterocycles. The van der Waals surface area contributed by atoms with E-state index in [-0.39, 0.29) is 11.5 Å². The van der Waals surface area contributed by atoms with Gasteiger partial charge in [0.25, 0.3) is 0 Å². The van der Waals surface area contributed by atoms with Crippen LogP contribution < -0.4 is 5.32 Å². The van der Waals surface area contributed by atoms with Gasteiger partial charge in [-0.25, -0.2) is 14.6 Å². The van der Waals surface area contributed by atoms with Crippen molar-refractivity contribution >= 4 is 53.1 Å². The summed E-state index contributed by atoms with van der Waals surface area (Å²) in [4.78, 5) is 38.9. The van der Waals surface area contributed by atoms with Gasteiger partial charge in [-0.05, 0) is 12.1 Å². The zero-order valence-electron chi connectivity index (χ0n) is 9.62. The number of aromatic nitrogens is 1. The molecule has 20 heavy (non-hydrogen) atoms.